The number of nitrogens with two attached hydrogens (primary N) is 1. The second kappa shape index (κ2) is 3.12. The van der Waals surface area contributed by atoms with Crippen molar-refractivity contribution in [2.75, 3.05) is 6.54 Å². The first kappa shape index (κ1) is 11.2. The van der Waals surface area contributed by atoms with E-state index in [0.29, 0.717) is 6.54 Å². The smallest absolute Gasteiger partial charge is 0.410 e. The lowest BCUT2D eigenvalue weighted by Crippen LogP contribution is -2.44. The Bertz CT molecular complexity index is 340. The molecule has 16 heavy (non-hydrogen) atoms. The Morgan fingerprint density at radius 1 is 1.50 bits per heavy atom. The molecule has 3 rings (SSSR count). The molecule has 0 atom stereocenters. The molecule has 1 saturated carbocycles. The van der Waals surface area contributed by atoms with Crippen molar-refractivity contribution in [2.45, 2.75) is 45.3 Å². The highest BCUT2D eigenvalue weighted by Crippen LogP contribution is 2.51. The van der Waals surface area contributed by atoms with E-state index in [-0.39, 0.29) is 23.4 Å². The summed E-state index contributed by atoms with van der Waals surface area (Å²) in [6, 6.07) is 0.221. The maximum Gasteiger partial charge on any atom is 0.410 e. The molecule has 0 aromatic heterocycles. The zero-order chi connectivity index (χ0) is 12.1. The number of amidine groups is 1. The van der Waals surface area contributed by atoms with Gasteiger partial charge < -0.3 is 15.4 Å². The van der Waals surface area contributed by atoms with Crippen LogP contribution in [0.5, 0.6) is 0 Å². The molecular weight excluding hydrogens is 206 g/mol. The first-order chi connectivity index (χ1) is 7.23. The summed E-state index contributed by atoms with van der Waals surface area (Å²) in [5.74, 6) is 0.204. The lowest BCUT2D eigenvalue weighted by Gasteiger charge is -2.35. The van der Waals surface area contributed by atoms with Gasteiger partial charge in [0.25, 0.3) is 0 Å². The SMILES string of the molecule is CC(C)(C)OC(=O)N1CC2(C(=N)N)CC1C2. The molecule has 2 aliphatic heterocycles. The van der Waals surface area contributed by atoms with Gasteiger partial charge in [-0.25, -0.2) is 4.79 Å². The molecule has 0 radical (unpaired) electrons. The van der Waals surface area contributed by atoms with Crippen molar-refractivity contribution in [2.24, 2.45) is 11.1 Å². The molecule has 5 nitrogen and oxygen atoms in total. The van der Waals surface area contributed by atoms with Crippen molar-refractivity contribution in [3.8, 4) is 0 Å². The molecule has 2 bridgehead atoms. The molecule has 3 aliphatic rings. The molecule has 90 valence electrons. The van der Waals surface area contributed by atoms with Crippen LogP contribution in [-0.4, -0.2) is 35.0 Å². The van der Waals surface area contributed by atoms with Crippen LogP contribution in [0.3, 0.4) is 0 Å². The van der Waals surface area contributed by atoms with Gasteiger partial charge in [0, 0.05) is 18.0 Å². The zero-order valence-corrected chi connectivity index (χ0v) is 10.0. The van der Waals surface area contributed by atoms with Crippen LogP contribution in [0.4, 0.5) is 4.79 Å². The van der Waals surface area contributed by atoms with E-state index >= 15 is 0 Å². The van der Waals surface area contributed by atoms with E-state index < -0.39 is 5.60 Å². The van der Waals surface area contributed by atoms with Gasteiger partial charge in [-0.2, -0.15) is 0 Å². The maximum atomic E-state index is 11.9. The molecule has 2 saturated heterocycles. The van der Waals surface area contributed by atoms with Crippen LogP contribution in [0.15, 0.2) is 0 Å². The van der Waals surface area contributed by atoms with Crippen LogP contribution < -0.4 is 5.73 Å². The molecular formula is C11H19N3O2. The van der Waals surface area contributed by atoms with Crippen molar-refractivity contribution in [3.05, 3.63) is 0 Å². The normalized spacial score (nSPS) is 32.2. The number of nitrogens with zero attached hydrogens (tertiary/aromatic N) is 1. The number of carbonyl (C=O) groups is 1. The molecule has 3 N–H and O–H groups in total. The van der Waals surface area contributed by atoms with Crippen molar-refractivity contribution in [1.29, 1.82) is 5.41 Å². The van der Waals surface area contributed by atoms with E-state index in [2.05, 4.69) is 0 Å². The third-order valence-electron chi connectivity index (χ3n) is 3.37. The van der Waals surface area contributed by atoms with Gasteiger partial charge in [0.1, 0.15) is 5.60 Å². The van der Waals surface area contributed by atoms with Crippen molar-refractivity contribution in [1.82, 2.24) is 4.90 Å². The third kappa shape index (κ3) is 1.64. The highest BCUT2D eigenvalue weighted by atomic mass is 16.6. The summed E-state index contributed by atoms with van der Waals surface area (Å²) in [5, 5.41) is 7.54. The zero-order valence-electron chi connectivity index (χ0n) is 10.0. The molecule has 2 heterocycles. The fourth-order valence-corrected chi connectivity index (χ4v) is 2.49. The first-order valence-electron chi connectivity index (χ1n) is 5.58. The standard InChI is InChI=1S/C11H19N3O2/c1-10(2,3)16-9(15)14-6-11(8(12)13)4-7(14)5-11/h7H,4-6H2,1-3H3,(H3,12,13). The lowest BCUT2D eigenvalue weighted by atomic mass is 9.69. The van der Waals surface area contributed by atoms with E-state index in [1.165, 1.54) is 0 Å². The minimum atomic E-state index is -0.465. The second-order valence-electron chi connectivity index (χ2n) is 5.86. The molecule has 0 spiro atoms. The number of carbonyl (C=O) groups excluding carboxylic acids is 1. The van der Waals surface area contributed by atoms with Crippen LogP contribution in [0.1, 0.15) is 33.6 Å². The average Bonchev–Trinajstić information content (AvgIpc) is 2.51. The van der Waals surface area contributed by atoms with E-state index in [9.17, 15) is 4.79 Å². The Balaban J connectivity index is 2.00. The third-order valence-corrected chi connectivity index (χ3v) is 3.37. The Hall–Kier alpha value is -1.26. The molecule has 1 aliphatic carbocycles. The van der Waals surface area contributed by atoms with E-state index in [4.69, 9.17) is 15.9 Å². The van der Waals surface area contributed by atoms with Crippen LogP contribution in [-0.2, 0) is 4.74 Å². The molecule has 3 fully saturated rings. The molecule has 1 amide bonds. The number of ether oxygens (including phenoxy) is 1. The summed E-state index contributed by atoms with van der Waals surface area (Å²) in [4.78, 5) is 13.6. The molecule has 5 heteroatoms. The summed E-state index contributed by atoms with van der Waals surface area (Å²) in [6.45, 7) is 6.10. The van der Waals surface area contributed by atoms with Crippen molar-refractivity contribution >= 4 is 11.9 Å². The summed E-state index contributed by atoms with van der Waals surface area (Å²) in [6.07, 6.45) is 1.36. The Morgan fingerprint density at radius 3 is 2.44 bits per heavy atom. The topological polar surface area (TPSA) is 79.4 Å². The largest absolute Gasteiger partial charge is 0.444 e. The highest BCUT2D eigenvalue weighted by molar-refractivity contribution is 5.87. The van der Waals surface area contributed by atoms with E-state index in [1.807, 2.05) is 20.8 Å². The van der Waals surface area contributed by atoms with Gasteiger partial charge in [-0.3, -0.25) is 5.41 Å². The van der Waals surface area contributed by atoms with E-state index in [0.717, 1.165) is 12.8 Å². The van der Waals surface area contributed by atoms with Gasteiger partial charge in [0.15, 0.2) is 0 Å². The number of nitrogens with one attached hydrogen (secondary N) is 1. The summed E-state index contributed by atoms with van der Waals surface area (Å²) in [5.41, 5.74) is 4.85. The van der Waals surface area contributed by atoms with Gasteiger partial charge >= 0.3 is 6.09 Å². The Morgan fingerprint density at radius 2 is 2.06 bits per heavy atom. The summed E-state index contributed by atoms with van der Waals surface area (Å²) >= 11 is 0. The first-order valence-corrected chi connectivity index (χ1v) is 5.58. The number of amides is 1. The van der Waals surface area contributed by atoms with Gasteiger partial charge in [-0.1, -0.05) is 0 Å². The molecule has 0 aromatic carbocycles. The van der Waals surface area contributed by atoms with Crippen LogP contribution in [0.25, 0.3) is 0 Å². The van der Waals surface area contributed by atoms with Crippen LogP contribution in [0.2, 0.25) is 0 Å². The fraction of sp³-hybridized carbons (Fsp3) is 0.818. The molecule has 0 aromatic rings. The average molecular weight is 225 g/mol. The minimum absolute atomic E-state index is 0.204. The number of rotatable bonds is 1. The van der Waals surface area contributed by atoms with Gasteiger partial charge in [-0.15, -0.1) is 0 Å². The number of hydrogen-bond acceptors (Lipinski definition) is 3. The monoisotopic (exact) mass is 225 g/mol. The number of hydrogen-bond donors (Lipinski definition) is 2. The predicted molar refractivity (Wildman–Crippen MR) is 60.3 cm³/mol. The maximum absolute atomic E-state index is 11.9. The van der Waals surface area contributed by atoms with Crippen molar-refractivity contribution < 1.29 is 9.53 Å². The van der Waals surface area contributed by atoms with Crippen LogP contribution >= 0.6 is 0 Å². The minimum Gasteiger partial charge on any atom is -0.444 e. The number of fused-ring (bicyclic) bond motifs is 1. The van der Waals surface area contributed by atoms with Gasteiger partial charge in [0.2, 0.25) is 0 Å². The van der Waals surface area contributed by atoms with E-state index in [1.54, 1.807) is 4.90 Å². The Labute approximate surface area is 95.4 Å². The van der Waals surface area contributed by atoms with Gasteiger partial charge in [0.05, 0.1) is 5.84 Å². The summed E-state index contributed by atoms with van der Waals surface area (Å²) < 4.78 is 5.32. The molecule has 0 unspecified atom stereocenters. The fourth-order valence-electron chi connectivity index (χ4n) is 2.49. The Kier molecular flexibility index (Phi) is 2.19. The quantitative estimate of drug-likeness (QED) is 0.522. The highest BCUT2D eigenvalue weighted by Gasteiger charge is 2.59. The van der Waals surface area contributed by atoms with Crippen LogP contribution in [0, 0.1) is 10.8 Å². The second-order valence-corrected chi connectivity index (χ2v) is 5.86. The predicted octanol–water partition coefficient (Wildman–Crippen LogP) is 1.32. The van der Waals surface area contributed by atoms with Gasteiger partial charge in [-0.05, 0) is 33.6 Å². The lowest BCUT2D eigenvalue weighted by molar-refractivity contribution is 0.0245. The van der Waals surface area contributed by atoms with Crippen molar-refractivity contribution in [3.63, 3.8) is 0 Å². The summed E-state index contributed by atoms with van der Waals surface area (Å²) in [7, 11) is 0.